The number of alkyl carbamates (subject to hydrolysis) is 1. The van der Waals surface area contributed by atoms with Gasteiger partial charge in [-0.25, -0.2) is 9.59 Å². The Morgan fingerprint density at radius 3 is 2.03 bits per heavy atom. The van der Waals surface area contributed by atoms with Gasteiger partial charge in [-0.2, -0.15) is 0 Å². The smallest absolute Gasteiger partial charge is 0.408 e. The molecule has 1 aromatic heterocycles. The summed E-state index contributed by atoms with van der Waals surface area (Å²) >= 11 is 1.45. The second-order valence-corrected chi connectivity index (χ2v) is 10.7. The number of nitrogens with one attached hydrogen (secondary N) is 2. The van der Waals surface area contributed by atoms with Crippen molar-refractivity contribution >= 4 is 23.4 Å². The van der Waals surface area contributed by atoms with E-state index in [4.69, 9.17) is 9.84 Å². The lowest BCUT2D eigenvalue weighted by Gasteiger charge is -2.30. The summed E-state index contributed by atoms with van der Waals surface area (Å²) in [6.07, 6.45) is 14.1. The van der Waals surface area contributed by atoms with E-state index in [0.29, 0.717) is 0 Å². The van der Waals surface area contributed by atoms with Crippen LogP contribution in [-0.4, -0.2) is 40.9 Å². The molecule has 0 aliphatic heterocycles. The Bertz CT molecular complexity index is 629. The highest BCUT2D eigenvalue weighted by molar-refractivity contribution is 7.09. The Kier molecular flexibility index (Phi) is 10.8. The van der Waals surface area contributed by atoms with Crippen LogP contribution in [0.4, 0.5) is 4.79 Å². The molecule has 1 aromatic rings. The third-order valence-corrected chi connectivity index (χ3v) is 6.55. The molecule has 176 valence electrons. The van der Waals surface area contributed by atoms with Crippen molar-refractivity contribution < 1.29 is 19.4 Å². The highest BCUT2D eigenvalue weighted by Gasteiger charge is 2.24. The first kappa shape index (κ1) is 25.7. The molecule has 3 N–H and O–H groups in total. The van der Waals surface area contributed by atoms with Crippen LogP contribution in [0.3, 0.4) is 0 Å². The Morgan fingerprint density at radius 1 is 1.06 bits per heavy atom. The normalized spacial score (nSPS) is 19.1. The Hall–Kier alpha value is -1.60. The zero-order chi connectivity index (χ0) is 22.7. The molecule has 31 heavy (non-hydrogen) atoms. The van der Waals surface area contributed by atoms with Gasteiger partial charge in [0.05, 0.1) is 0 Å². The lowest BCUT2D eigenvalue weighted by Crippen LogP contribution is -2.44. The molecule has 0 radical (unpaired) electrons. The van der Waals surface area contributed by atoms with Gasteiger partial charge in [-0.3, -0.25) is 0 Å². The number of carboxylic acids is 1. The Labute approximate surface area is 191 Å². The number of amides is 1. The fourth-order valence-corrected chi connectivity index (χ4v) is 4.90. The molecule has 7 heteroatoms. The van der Waals surface area contributed by atoms with Gasteiger partial charge in [0.15, 0.2) is 0 Å². The van der Waals surface area contributed by atoms with Gasteiger partial charge in [-0.05, 0) is 57.9 Å². The van der Waals surface area contributed by atoms with E-state index < -0.39 is 23.7 Å². The predicted molar refractivity (Wildman–Crippen MR) is 126 cm³/mol. The van der Waals surface area contributed by atoms with Crippen LogP contribution >= 0.6 is 11.3 Å². The van der Waals surface area contributed by atoms with Crippen molar-refractivity contribution in [3.05, 3.63) is 22.4 Å². The fraction of sp³-hybridized carbons (Fsp3) is 0.750. The first-order valence-corrected chi connectivity index (χ1v) is 12.6. The molecule has 3 rings (SSSR count). The van der Waals surface area contributed by atoms with Crippen molar-refractivity contribution in [3.63, 3.8) is 0 Å². The number of carbonyl (C=O) groups is 2. The van der Waals surface area contributed by atoms with E-state index in [9.17, 15) is 9.59 Å². The average molecular weight is 453 g/mol. The van der Waals surface area contributed by atoms with Crippen LogP contribution in [0.2, 0.25) is 0 Å². The maximum atomic E-state index is 11.5. The third kappa shape index (κ3) is 11.0. The summed E-state index contributed by atoms with van der Waals surface area (Å²) in [5, 5.41) is 17.1. The lowest BCUT2D eigenvalue weighted by atomic mass is 9.91. The highest BCUT2D eigenvalue weighted by Crippen LogP contribution is 2.22. The minimum atomic E-state index is -1.07. The van der Waals surface area contributed by atoms with E-state index in [2.05, 4.69) is 10.6 Å². The van der Waals surface area contributed by atoms with Gasteiger partial charge in [0.2, 0.25) is 0 Å². The van der Waals surface area contributed by atoms with E-state index in [1.807, 2.05) is 17.5 Å². The number of carboxylic acid groups (broad SMARTS) is 1. The summed E-state index contributed by atoms with van der Waals surface area (Å²) in [5.41, 5.74) is -0.643. The van der Waals surface area contributed by atoms with Crippen LogP contribution in [0.1, 0.15) is 89.9 Å². The largest absolute Gasteiger partial charge is 0.480 e. The maximum Gasteiger partial charge on any atom is 0.408 e. The topological polar surface area (TPSA) is 87.7 Å². The zero-order valence-corrected chi connectivity index (χ0v) is 20.1. The van der Waals surface area contributed by atoms with E-state index in [0.717, 1.165) is 17.0 Å². The van der Waals surface area contributed by atoms with E-state index >= 15 is 0 Å². The van der Waals surface area contributed by atoms with Gasteiger partial charge in [-0.1, -0.05) is 44.6 Å². The molecule has 1 atom stereocenters. The van der Waals surface area contributed by atoms with E-state index in [1.54, 1.807) is 20.8 Å². The summed E-state index contributed by atoms with van der Waals surface area (Å²) in [6, 6.07) is 4.44. The van der Waals surface area contributed by atoms with Gasteiger partial charge in [-0.15, -0.1) is 11.3 Å². The fourth-order valence-electron chi connectivity index (χ4n) is 4.15. The first-order valence-electron chi connectivity index (χ1n) is 11.7. The molecule has 2 fully saturated rings. The van der Waals surface area contributed by atoms with Crippen molar-refractivity contribution in [2.75, 3.05) is 0 Å². The molecule has 2 saturated carbocycles. The number of hydrogen-bond donors (Lipinski definition) is 3. The number of rotatable bonds is 6. The van der Waals surface area contributed by atoms with Crippen molar-refractivity contribution in [1.29, 1.82) is 0 Å². The first-order chi connectivity index (χ1) is 14.7. The van der Waals surface area contributed by atoms with Crippen LogP contribution in [0, 0.1) is 0 Å². The number of hydrogen-bond acceptors (Lipinski definition) is 5. The summed E-state index contributed by atoms with van der Waals surface area (Å²) in [5.74, 6) is -1.07. The molecule has 2 aliphatic rings. The van der Waals surface area contributed by atoms with Gasteiger partial charge < -0.3 is 20.5 Å². The molecule has 0 saturated heterocycles. The number of thiophene rings is 1. The van der Waals surface area contributed by atoms with Crippen LogP contribution < -0.4 is 10.6 Å². The van der Waals surface area contributed by atoms with Crippen LogP contribution in [0.5, 0.6) is 0 Å². The second kappa shape index (κ2) is 13.1. The Morgan fingerprint density at radius 2 is 1.61 bits per heavy atom. The summed E-state index contributed by atoms with van der Waals surface area (Å²) in [4.78, 5) is 23.5. The lowest BCUT2D eigenvalue weighted by molar-refractivity contribution is -0.139. The molecule has 1 amide bonds. The maximum absolute atomic E-state index is 11.5. The molecule has 6 nitrogen and oxygen atoms in total. The van der Waals surface area contributed by atoms with Crippen molar-refractivity contribution in [2.24, 2.45) is 0 Å². The average Bonchev–Trinajstić information content (AvgIpc) is 3.21. The second-order valence-electron chi connectivity index (χ2n) is 9.66. The Balaban J connectivity index is 0.000000231. The van der Waals surface area contributed by atoms with Crippen molar-refractivity contribution in [3.8, 4) is 0 Å². The molecule has 0 unspecified atom stereocenters. The molecule has 2 aliphatic carbocycles. The molecular weight excluding hydrogens is 412 g/mol. The molecular formula is C24H40N2O4S. The number of carbonyl (C=O) groups excluding carboxylic acids is 1. The van der Waals surface area contributed by atoms with E-state index in [1.165, 1.54) is 75.5 Å². The number of ether oxygens (including phenoxy) is 1. The van der Waals surface area contributed by atoms with Gasteiger partial charge in [0, 0.05) is 23.4 Å². The monoisotopic (exact) mass is 452 g/mol. The van der Waals surface area contributed by atoms with Crippen molar-refractivity contribution in [2.45, 2.75) is 115 Å². The SMILES string of the molecule is C1CCC(NC2CCCCC2)CC1.CC(C)(C)OC(=O)N[C@H](Cc1cccs1)C(=O)O. The predicted octanol–water partition coefficient (Wildman–Crippen LogP) is 5.51. The minimum absolute atomic E-state index is 0.256. The summed E-state index contributed by atoms with van der Waals surface area (Å²) < 4.78 is 5.03. The van der Waals surface area contributed by atoms with Gasteiger partial charge in [0.25, 0.3) is 0 Å². The summed E-state index contributed by atoms with van der Waals surface area (Å²) in [6.45, 7) is 5.17. The molecule has 0 bridgehead atoms. The van der Waals surface area contributed by atoms with Crippen LogP contribution in [-0.2, 0) is 16.0 Å². The number of aliphatic carboxylic acids is 1. The zero-order valence-electron chi connectivity index (χ0n) is 19.3. The van der Waals surface area contributed by atoms with Crippen LogP contribution in [0.25, 0.3) is 0 Å². The molecule has 0 spiro atoms. The van der Waals surface area contributed by atoms with Gasteiger partial charge in [0.1, 0.15) is 11.6 Å². The van der Waals surface area contributed by atoms with Crippen LogP contribution in [0.15, 0.2) is 17.5 Å². The standard InChI is InChI=1S/C12H17NO4S.C12H23N/c1-12(2,3)17-11(16)13-9(10(14)15)7-8-5-4-6-18-8;1-3-7-11(8-4-1)13-12-9-5-2-6-10-12/h4-6,9H,7H2,1-3H3,(H,13,16)(H,14,15);11-13H,1-10H2/t9-;/m1./s1. The molecule has 1 heterocycles. The minimum Gasteiger partial charge on any atom is -0.480 e. The summed E-state index contributed by atoms with van der Waals surface area (Å²) in [7, 11) is 0. The third-order valence-electron chi connectivity index (χ3n) is 5.66. The van der Waals surface area contributed by atoms with Gasteiger partial charge >= 0.3 is 12.1 Å². The van der Waals surface area contributed by atoms with E-state index in [-0.39, 0.29) is 6.42 Å². The quantitative estimate of drug-likeness (QED) is 0.530. The van der Waals surface area contributed by atoms with Crippen molar-refractivity contribution in [1.82, 2.24) is 10.6 Å². The molecule has 0 aromatic carbocycles. The highest BCUT2D eigenvalue weighted by atomic mass is 32.1.